The fraction of sp³-hybridized carbons (Fsp3) is 1.00. The molecule has 28 N–H and O–H groups in total. The van der Waals surface area contributed by atoms with Crippen molar-refractivity contribution in [1.29, 1.82) is 0 Å². The smallest absolute Gasteiger partial charge is 0.0923 e. The normalized spacial score (nSPS) is 30.7. The van der Waals surface area contributed by atoms with Crippen LogP contribution in [0.15, 0.2) is 0 Å². The maximum Gasteiger partial charge on any atom is 0.0923 e. The van der Waals surface area contributed by atoms with Crippen LogP contribution < -0.4 is 115 Å². The summed E-state index contributed by atoms with van der Waals surface area (Å²) >= 11 is 0. The first-order chi connectivity index (χ1) is 69.7. The van der Waals surface area contributed by atoms with Crippen LogP contribution in [0, 0.1) is 0 Å². The lowest BCUT2D eigenvalue weighted by Gasteiger charge is -2.61. The van der Waals surface area contributed by atoms with Gasteiger partial charge in [-0.1, -0.05) is 12.8 Å². The van der Waals surface area contributed by atoms with Crippen molar-refractivity contribution in [2.75, 3.05) is 472 Å². The van der Waals surface area contributed by atoms with Crippen molar-refractivity contribution in [3.05, 3.63) is 0 Å². The molecule has 18 aliphatic rings. The van der Waals surface area contributed by atoms with Crippen molar-refractivity contribution in [2.24, 2.45) is 40.1 Å². The molecule has 18 heterocycles. The van der Waals surface area contributed by atoms with Crippen molar-refractivity contribution in [3.63, 3.8) is 0 Å². The molecule has 0 radical (unpaired) electrons. The molecule has 4 bridgehead atoms. The highest BCUT2D eigenvalue weighted by Gasteiger charge is 2.52. The Labute approximate surface area is 860 Å². The first-order valence-corrected chi connectivity index (χ1v) is 58.8. The Bertz CT molecular complexity index is 2590. The van der Waals surface area contributed by atoms with E-state index >= 15 is 0 Å². The predicted molar refractivity (Wildman–Crippen MR) is 590 cm³/mol. The van der Waals surface area contributed by atoms with Crippen molar-refractivity contribution in [1.82, 2.24) is 163 Å². The van der Waals surface area contributed by atoms with Gasteiger partial charge in [0.05, 0.1) is 56.5 Å². The molecule has 0 aromatic heterocycles. The molecule has 0 saturated carbocycles. The number of nitrogens with two attached hydrogens (primary N) is 7. The van der Waals surface area contributed by atoms with Crippen LogP contribution in [0.5, 0.6) is 0 Å². The maximum absolute atomic E-state index is 5.68. The Morgan fingerprint density at radius 3 is 0.830 bits per heavy atom. The van der Waals surface area contributed by atoms with Crippen molar-refractivity contribution in [2.45, 2.75) is 190 Å². The van der Waals surface area contributed by atoms with E-state index in [2.05, 4.69) is 163 Å². The summed E-state index contributed by atoms with van der Waals surface area (Å²) in [6.07, 6.45) is 32.6. The van der Waals surface area contributed by atoms with Gasteiger partial charge in [0.15, 0.2) is 0 Å². The van der Waals surface area contributed by atoms with Crippen LogP contribution in [0.3, 0.4) is 0 Å². The summed E-state index contributed by atoms with van der Waals surface area (Å²) in [5.74, 6) is 0. The van der Waals surface area contributed by atoms with Gasteiger partial charge in [-0.15, -0.1) is 0 Å². The van der Waals surface area contributed by atoms with Crippen LogP contribution in [0.2, 0.25) is 0 Å². The molecule has 18 aliphatic heterocycles. The lowest BCUT2D eigenvalue weighted by molar-refractivity contribution is -0.179. The molecule has 0 aromatic rings. The molecule has 18 rings (SSSR count). The second-order valence-corrected chi connectivity index (χ2v) is 42.9. The molecule has 0 aliphatic carbocycles. The standard InChI is InChI=1S/C28H62N8.C12H22N4.C12H24N4.C10H25N5.C10H18N4.C10H24N4.C9H18N4.C6H17N3.C5H15N3/c1(3-23-35-25-7-15-29-11-5-13-31-19-21-33-17-9-27-35)2-4-24-36-26-8-16-30-12-6-14-32-20-22-34-18-10-28-36;1-3-13-7-9-15-5-2-6-16-10-8-14(4-1)11(13)12(15)16;1-3-13-7-9-15-5-2-6-16(12-15)10-8-14(4-1)11-13;11-8-10-9-14-5-4-12-2-1-3-13-6-7-15-10;1-2-12-7-8-14-4-3-13-6-5-11(1)9(12)10(13)14;11-3-1-5-13-7-9-14(10-8-13)6-2-4-12;1-4-10-8-3-6-12-9-2-5-11-7(1)13(8)9;7-3-1-5-9-6-2-4-8;1-8(4-2-6)5-3-7/h29-34H,1-28H2;11-12H,1-10H2;1-12H2;10,12-15H,1-9,11H2;9-10H,1-8H2;1-12H2;7-12H,1-6H2;9H,1-8H2;2-7H2,1H3. The summed E-state index contributed by atoms with van der Waals surface area (Å²) in [5, 5.41) is 49.2. The number of piperazine rings is 5. The molecule has 8 atom stereocenters. The summed E-state index contributed by atoms with van der Waals surface area (Å²) in [6, 6.07) is 0.396. The number of unbranched alkanes of at least 4 members (excludes halogenated alkanes) is 3. The monoisotopic (exact) mass is 2000 g/mol. The minimum absolute atomic E-state index is 0.396. The van der Waals surface area contributed by atoms with E-state index in [4.69, 9.17) is 40.1 Å². The SMILES string of the molecule is C(CCCN1CCCNCCCNCCNCCC1)CCN1CCCNCCCNCCNCCC1.C1CC2NCCC3NCCC(N1)N32.C1CN2CCN3CCCN(CCN(C1)C2)C3.C1CN2CCN3CCCN4CCN(C1)C2C34.C1CN2CCN3CCN4CCN1C2C43.CN(CCN)CCN.NCC1CNCCNCCCNCCN1.NCCCN1CCN(CCCN)CC1.NCCCNCCCN. The highest BCUT2D eigenvalue weighted by Crippen LogP contribution is 2.35. The third kappa shape index (κ3) is 48.5. The van der Waals surface area contributed by atoms with Gasteiger partial charge in [-0.3, -0.25) is 63.7 Å². The third-order valence-corrected chi connectivity index (χ3v) is 31.9. The van der Waals surface area contributed by atoms with Gasteiger partial charge in [0.2, 0.25) is 0 Å². The van der Waals surface area contributed by atoms with Crippen molar-refractivity contribution in [3.8, 4) is 0 Å². The molecule has 8 unspecified atom stereocenters. The van der Waals surface area contributed by atoms with Crippen LogP contribution in [-0.4, -0.2) is 609 Å². The molecule has 18 fully saturated rings. The first kappa shape index (κ1) is 121. The van der Waals surface area contributed by atoms with Crippen LogP contribution in [0.25, 0.3) is 0 Å². The fourth-order valence-electron chi connectivity index (χ4n) is 23.8. The molecule has 0 amide bonds. The molecule has 0 spiro atoms. The maximum atomic E-state index is 5.68. The fourth-order valence-corrected chi connectivity index (χ4v) is 23.8. The summed E-state index contributed by atoms with van der Waals surface area (Å²) in [4.78, 5) is 47.4. The number of hydrogen-bond acceptors (Lipinski definition) is 39. The van der Waals surface area contributed by atoms with Crippen LogP contribution in [0.1, 0.15) is 141 Å². The predicted octanol–water partition coefficient (Wildman–Crippen LogP) is -5.70. The molecule has 39 heteroatoms. The Hall–Kier alpha value is -1.56. The summed E-state index contributed by atoms with van der Waals surface area (Å²) < 4.78 is 0. The molecular formula is C102H225N39. The number of nitrogens with one attached hydrogen (secondary N) is 14. The van der Waals surface area contributed by atoms with Gasteiger partial charge < -0.3 is 139 Å². The minimum Gasteiger partial charge on any atom is -0.330 e. The second kappa shape index (κ2) is 77.7. The molecule has 0 aromatic carbocycles. The molecule has 18 saturated heterocycles. The Morgan fingerprint density at radius 1 is 0.241 bits per heavy atom. The van der Waals surface area contributed by atoms with E-state index in [9.17, 15) is 0 Å². The van der Waals surface area contributed by atoms with Crippen LogP contribution >= 0.6 is 0 Å². The zero-order valence-electron chi connectivity index (χ0n) is 90.5. The average Bonchev–Trinajstić information content (AvgIpc) is 1.63. The van der Waals surface area contributed by atoms with Crippen molar-refractivity contribution < 1.29 is 0 Å². The molecule has 39 nitrogen and oxygen atoms in total. The molecule has 828 valence electrons. The number of likely N-dealkylation sites (N-methyl/N-ethyl adjacent to an activating group) is 1. The minimum atomic E-state index is 0.396. The lowest BCUT2D eigenvalue weighted by Crippen LogP contribution is -2.77. The van der Waals surface area contributed by atoms with Gasteiger partial charge in [0.1, 0.15) is 0 Å². The van der Waals surface area contributed by atoms with E-state index in [1.807, 2.05) is 7.05 Å². The van der Waals surface area contributed by atoms with Gasteiger partial charge in [-0.2, -0.15) is 0 Å². The summed E-state index contributed by atoms with van der Waals surface area (Å²) in [7, 11) is 2.01. The van der Waals surface area contributed by atoms with Gasteiger partial charge in [-0.05, 0) is 312 Å². The Balaban J connectivity index is 0.000000169. The molecule has 141 heavy (non-hydrogen) atoms. The quantitative estimate of drug-likeness (QED) is 0.0401. The van der Waals surface area contributed by atoms with E-state index < -0.39 is 0 Å². The van der Waals surface area contributed by atoms with E-state index in [1.165, 1.54) is 384 Å². The average molecular weight is 2000 g/mol. The zero-order chi connectivity index (χ0) is 98.7. The second-order valence-electron chi connectivity index (χ2n) is 42.9. The van der Waals surface area contributed by atoms with Gasteiger partial charge >= 0.3 is 0 Å². The number of rotatable bonds is 24. The van der Waals surface area contributed by atoms with E-state index in [-0.39, 0.29) is 0 Å². The van der Waals surface area contributed by atoms with E-state index in [1.54, 1.807) is 0 Å². The van der Waals surface area contributed by atoms with Crippen LogP contribution in [-0.2, 0) is 0 Å². The van der Waals surface area contributed by atoms with E-state index in [0.717, 1.165) is 240 Å². The number of nitrogens with zero attached hydrogens (tertiary/aromatic N) is 18. The highest BCUT2D eigenvalue weighted by atomic mass is 15.6. The Morgan fingerprint density at radius 2 is 0.518 bits per heavy atom. The Kier molecular flexibility index (Phi) is 66.8. The summed E-state index contributed by atoms with van der Waals surface area (Å²) in [5.41, 5.74) is 37.8. The third-order valence-electron chi connectivity index (χ3n) is 31.9. The first-order valence-electron chi connectivity index (χ1n) is 58.8. The highest BCUT2D eigenvalue weighted by molar-refractivity contribution is 5.03. The van der Waals surface area contributed by atoms with Gasteiger partial charge in [0.25, 0.3) is 0 Å². The van der Waals surface area contributed by atoms with Crippen LogP contribution in [0.4, 0.5) is 0 Å². The van der Waals surface area contributed by atoms with Crippen molar-refractivity contribution >= 4 is 0 Å². The van der Waals surface area contributed by atoms with E-state index in [0.29, 0.717) is 31.1 Å². The van der Waals surface area contributed by atoms with Gasteiger partial charge in [-0.25, -0.2) is 0 Å². The number of fused-ring (bicyclic) bond motifs is 4. The lowest BCUT2D eigenvalue weighted by atomic mass is 10.0. The summed E-state index contributed by atoms with van der Waals surface area (Å²) in [6.45, 7) is 81.8. The largest absolute Gasteiger partial charge is 0.330 e. The van der Waals surface area contributed by atoms with Gasteiger partial charge in [0, 0.05) is 281 Å². The molecular weight excluding hydrogens is 1770 g/mol. The number of hydrogen-bond donors (Lipinski definition) is 21. The zero-order valence-corrected chi connectivity index (χ0v) is 90.5. The topological polar surface area (TPSA) is 409 Å².